The van der Waals surface area contributed by atoms with Gasteiger partial charge in [-0.05, 0) is 43.2 Å². The molecular weight excluding hydrogens is 388 g/mol. The summed E-state index contributed by atoms with van der Waals surface area (Å²) in [6.45, 7) is 1.95. The maximum atomic E-state index is 12.3. The van der Waals surface area contributed by atoms with Gasteiger partial charge in [-0.1, -0.05) is 24.3 Å². The van der Waals surface area contributed by atoms with Crippen LogP contribution in [0.15, 0.2) is 57.7 Å². The molecule has 0 bridgehead atoms. The number of rotatable bonds is 6. The number of carbonyl (C=O) groups is 3. The van der Waals surface area contributed by atoms with E-state index in [9.17, 15) is 19.2 Å². The molecule has 1 saturated heterocycles. The Hall–Kier alpha value is -3.88. The average Bonchev–Trinajstić information content (AvgIpc) is 3.17. The maximum absolute atomic E-state index is 12.3. The van der Waals surface area contributed by atoms with Gasteiger partial charge in [0.05, 0.1) is 5.52 Å². The van der Waals surface area contributed by atoms with Gasteiger partial charge < -0.3 is 15.1 Å². The highest BCUT2D eigenvalue weighted by atomic mass is 16.4. The van der Waals surface area contributed by atoms with Gasteiger partial charge in [0.15, 0.2) is 5.58 Å². The van der Waals surface area contributed by atoms with Crippen molar-refractivity contribution < 1.29 is 18.8 Å². The van der Waals surface area contributed by atoms with Gasteiger partial charge in [-0.2, -0.15) is 0 Å². The van der Waals surface area contributed by atoms with Crippen LogP contribution in [0.5, 0.6) is 0 Å². The van der Waals surface area contributed by atoms with Crippen molar-refractivity contribution in [1.29, 1.82) is 0 Å². The fourth-order valence-electron chi connectivity index (χ4n) is 3.50. The van der Waals surface area contributed by atoms with E-state index in [1.165, 1.54) is 4.57 Å². The van der Waals surface area contributed by atoms with Crippen molar-refractivity contribution in [3.05, 3.63) is 64.6 Å². The SMILES string of the molecule is CC1(c2cccc(NC(=O)CCCn3c(=O)oc4ccccc43)c2)NC(=O)NC1=O. The lowest BCUT2D eigenvalue weighted by Crippen LogP contribution is -2.40. The number of aromatic nitrogens is 1. The van der Waals surface area contributed by atoms with Crippen LogP contribution in [0.3, 0.4) is 0 Å². The molecule has 4 amide bonds. The van der Waals surface area contributed by atoms with E-state index in [1.54, 1.807) is 49.4 Å². The predicted molar refractivity (Wildman–Crippen MR) is 109 cm³/mol. The summed E-state index contributed by atoms with van der Waals surface area (Å²) < 4.78 is 6.69. The fourth-order valence-corrected chi connectivity index (χ4v) is 3.50. The first-order valence-corrected chi connectivity index (χ1v) is 9.49. The molecule has 1 unspecified atom stereocenters. The molecular formula is C21H20N4O5. The summed E-state index contributed by atoms with van der Waals surface area (Å²) in [6.07, 6.45) is 0.649. The van der Waals surface area contributed by atoms with E-state index in [0.29, 0.717) is 35.3 Å². The molecule has 1 aromatic heterocycles. The number of nitrogens with zero attached hydrogens (tertiary/aromatic N) is 1. The van der Waals surface area contributed by atoms with Crippen LogP contribution in [-0.4, -0.2) is 22.4 Å². The highest BCUT2D eigenvalue weighted by Crippen LogP contribution is 2.26. The normalized spacial score (nSPS) is 18.3. The summed E-state index contributed by atoms with van der Waals surface area (Å²) in [5.74, 6) is -1.12. The molecule has 9 heteroatoms. The van der Waals surface area contributed by atoms with Gasteiger partial charge in [0, 0.05) is 18.7 Å². The van der Waals surface area contributed by atoms with Crippen LogP contribution in [-0.2, 0) is 21.7 Å². The first-order chi connectivity index (χ1) is 14.4. The molecule has 0 aliphatic carbocycles. The number of nitrogens with one attached hydrogen (secondary N) is 3. The summed E-state index contributed by atoms with van der Waals surface area (Å²) >= 11 is 0. The molecule has 1 aliphatic rings. The molecule has 4 rings (SSSR count). The van der Waals surface area contributed by atoms with Crippen molar-refractivity contribution in [3.8, 4) is 0 Å². The second kappa shape index (κ2) is 7.51. The smallest absolute Gasteiger partial charge is 0.408 e. The summed E-state index contributed by atoms with van der Waals surface area (Å²) in [6, 6.07) is 13.3. The molecule has 0 saturated carbocycles. The van der Waals surface area contributed by atoms with E-state index in [4.69, 9.17) is 4.42 Å². The highest BCUT2D eigenvalue weighted by Gasteiger charge is 2.43. The number of carbonyl (C=O) groups excluding carboxylic acids is 3. The summed E-state index contributed by atoms with van der Waals surface area (Å²) in [4.78, 5) is 47.9. The Morgan fingerprint density at radius 2 is 1.93 bits per heavy atom. The average molecular weight is 408 g/mol. The summed E-state index contributed by atoms with van der Waals surface area (Å²) in [5, 5.41) is 7.59. The molecule has 2 heterocycles. The lowest BCUT2D eigenvalue weighted by molar-refractivity contribution is -0.123. The zero-order valence-corrected chi connectivity index (χ0v) is 16.2. The first-order valence-electron chi connectivity index (χ1n) is 9.49. The number of para-hydroxylation sites is 2. The maximum Gasteiger partial charge on any atom is 0.419 e. The van der Waals surface area contributed by atoms with Crippen LogP contribution in [0.4, 0.5) is 10.5 Å². The van der Waals surface area contributed by atoms with E-state index >= 15 is 0 Å². The van der Waals surface area contributed by atoms with E-state index < -0.39 is 23.2 Å². The van der Waals surface area contributed by atoms with Gasteiger partial charge in [-0.15, -0.1) is 0 Å². The van der Waals surface area contributed by atoms with Crippen LogP contribution in [0.25, 0.3) is 11.1 Å². The van der Waals surface area contributed by atoms with Crippen LogP contribution in [0.1, 0.15) is 25.3 Å². The molecule has 30 heavy (non-hydrogen) atoms. The second-order valence-electron chi connectivity index (χ2n) is 7.25. The van der Waals surface area contributed by atoms with Gasteiger partial charge in [0.1, 0.15) is 5.54 Å². The van der Waals surface area contributed by atoms with Gasteiger partial charge in [-0.3, -0.25) is 19.5 Å². The summed E-state index contributed by atoms with van der Waals surface area (Å²) in [7, 11) is 0. The number of urea groups is 1. The monoisotopic (exact) mass is 408 g/mol. The first kappa shape index (κ1) is 19.4. The fraction of sp³-hybridized carbons (Fsp3) is 0.238. The molecule has 154 valence electrons. The number of oxazole rings is 1. The number of anilines is 1. The molecule has 1 fully saturated rings. The molecule has 2 aromatic carbocycles. The Labute approximate surface area is 171 Å². The van der Waals surface area contributed by atoms with E-state index in [2.05, 4.69) is 16.0 Å². The van der Waals surface area contributed by atoms with Crippen LogP contribution >= 0.6 is 0 Å². The number of amides is 4. The third kappa shape index (κ3) is 3.57. The van der Waals surface area contributed by atoms with E-state index in [0.717, 1.165) is 0 Å². The Bertz CT molecular complexity index is 1210. The standard InChI is InChI=1S/C21H20N4O5/c1-21(18(27)23-19(28)24-21)13-6-4-7-14(12-13)22-17(26)10-5-11-25-15-8-2-3-9-16(15)30-20(25)29/h2-4,6-9,12H,5,10-11H2,1H3,(H,22,26)(H2,23,24,27,28). The largest absolute Gasteiger partial charge is 0.419 e. The number of aryl methyl sites for hydroxylation is 1. The Kier molecular flexibility index (Phi) is 4.86. The van der Waals surface area contributed by atoms with Crippen molar-refractivity contribution in [2.75, 3.05) is 5.32 Å². The minimum absolute atomic E-state index is 0.199. The Morgan fingerprint density at radius 1 is 1.13 bits per heavy atom. The number of imide groups is 1. The van der Waals surface area contributed by atoms with Crippen LogP contribution in [0, 0.1) is 0 Å². The zero-order valence-electron chi connectivity index (χ0n) is 16.2. The Balaban J connectivity index is 1.39. The summed E-state index contributed by atoms with van der Waals surface area (Å²) in [5.41, 5.74) is 1.08. The van der Waals surface area contributed by atoms with Crippen LogP contribution < -0.4 is 21.7 Å². The van der Waals surface area contributed by atoms with Crippen molar-refractivity contribution in [3.63, 3.8) is 0 Å². The molecule has 9 nitrogen and oxygen atoms in total. The minimum Gasteiger partial charge on any atom is -0.408 e. The Morgan fingerprint density at radius 3 is 2.70 bits per heavy atom. The molecule has 1 atom stereocenters. The lowest BCUT2D eigenvalue weighted by atomic mass is 9.92. The number of fused-ring (bicyclic) bond motifs is 1. The zero-order chi connectivity index (χ0) is 21.3. The van der Waals surface area contributed by atoms with Crippen molar-refractivity contribution in [1.82, 2.24) is 15.2 Å². The number of hydrogen-bond donors (Lipinski definition) is 3. The van der Waals surface area contributed by atoms with E-state index in [-0.39, 0.29) is 12.3 Å². The highest BCUT2D eigenvalue weighted by molar-refractivity contribution is 6.07. The van der Waals surface area contributed by atoms with Crippen molar-refractivity contribution in [2.24, 2.45) is 0 Å². The quantitative estimate of drug-likeness (QED) is 0.539. The number of hydrogen-bond acceptors (Lipinski definition) is 5. The van der Waals surface area contributed by atoms with Crippen molar-refractivity contribution in [2.45, 2.75) is 31.8 Å². The topological polar surface area (TPSA) is 122 Å². The molecule has 0 spiro atoms. The molecule has 0 radical (unpaired) electrons. The van der Waals surface area contributed by atoms with E-state index in [1.807, 2.05) is 6.07 Å². The predicted octanol–water partition coefficient (Wildman–Crippen LogP) is 2.07. The second-order valence-corrected chi connectivity index (χ2v) is 7.25. The molecule has 1 aliphatic heterocycles. The third-order valence-electron chi connectivity index (χ3n) is 5.13. The molecule has 3 aromatic rings. The minimum atomic E-state index is -1.19. The van der Waals surface area contributed by atoms with Crippen LogP contribution in [0.2, 0.25) is 0 Å². The molecule has 3 N–H and O–H groups in total. The number of benzene rings is 2. The van der Waals surface area contributed by atoms with Gasteiger partial charge in [0.25, 0.3) is 5.91 Å². The third-order valence-corrected chi connectivity index (χ3v) is 5.13. The van der Waals surface area contributed by atoms with Gasteiger partial charge in [-0.25, -0.2) is 9.59 Å². The van der Waals surface area contributed by atoms with Gasteiger partial charge in [0.2, 0.25) is 5.91 Å². The van der Waals surface area contributed by atoms with Crippen molar-refractivity contribution >= 4 is 34.6 Å². The lowest BCUT2D eigenvalue weighted by Gasteiger charge is -2.21. The van der Waals surface area contributed by atoms with Gasteiger partial charge >= 0.3 is 11.8 Å².